The van der Waals surface area contributed by atoms with Crippen LogP contribution in [0.5, 0.6) is 0 Å². The largest absolute Gasteiger partial charge is 1.00 e. The van der Waals surface area contributed by atoms with Crippen molar-refractivity contribution in [1.82, 2.24) is 0 Å². The summed E-state index contributed by atoms with van der Waals surface area (Å²) in [5, 5.41) is 10.1. The molecule has 0 spiro atoms. The summed E-state index contributed by atoms with van der Waals surface area (Å²) in [5.41, 5.74) is 0. The third-order valence-corrected chi connectivity index (χ3v) is 1.66. The van der Waals surface area contributed by atoms with E-state index in [1.54, 1.807) is 0 Å². The van der Waals surface area contributed by atoms with Gasteiger partial charge in [-0.15, -0.1) is 0 Å². The summed E-state index contributed by atoms with van der Waals surface area (Å²) in [6, 6.07) is 16.7. The van der Waals surface area contributed by atoms with Gasteiger partial charge in [-0.05, 0) is 10.8 Å². The molecule has 2 rings (SSSR count). The van der Waals surface area contributed by atoms with E-state index in [0.29, 0.717) is 0 Å². The molecule has 3 heteroatoms. The van der Waals surface area contributed by atoms with Crippen LogP contribution in [0, 0.1) is 11.2 Å². The molecule has 0 bridgehead atoms. The van der Waals surface area contributed by atoms with E-state index in [2.05, 4.69) is 48.5 Å². The minimum Gasteiger partial charge on any atom is -0.251 e. The van der Waals surface area contributed by atoms with Crippen LogP contribution >= 0.6 is 0 Å². The van der Waals surface area contributed by atoms with E-state index < -0.39 is 0 Å². The Balaban J connectivity index is 0.000000381. The minimum absolute atomic E-state index is 0. The zero-order valence-electron chi connectivity index (χ0n) is 7.57. The first-order valence-corrected chi connectivity index (χ1v) is 3.63. The summed E-state index contributed by atoms with van der Waals surface area (Å²) < 4.78 is 0. The molecule has 0 amide bonds. The van der Waals surface area contributed by atoms with Gasteiger partial charge in [0.15, 0.2) is 0 Å². The second-order valence-corrected chi connectivity index (χ2v) is 2.35. The molecule has 2 aromatic carbocycles. The normalized spacial score (nSPS) is 7.71. The summed E-state index contributed by atoms with van der Waals surface area (Å²) in [6.45, 7) is 0. The van der Waals surface area contributed by atoms with E-state index in [1.165, 1.54) is 10.8 Å². The molecular weight excluding hydrogens is 180 g/mol. The van der Waals surface area contributed by atoms with Crippen LogP contribution in [0.3, 0.4) is 0 Å². The van der Waals surface area contributed by atoms with Crippen LogP contribution in [-0.2, 0) is 0 Å². The Bertz CT molecular complexity index is 357. The van der Waals surface area contributed by atoms with Gasteiger partial charge in [-0.25, -0.2) is 0 Å². The van der Waals surface area contributed by atoms with E-state index in [9.17, 15) is 0 Å². The first kappa shape index (κ1) is 13.3. The Morgan fingerprint density at radius 2 is 1.07 bits per heavy atom. The maximum Gasteiger partial charge on any atom is 1.00 e. The summed E-state index contributed by atoms with van der Waals surface area (Å²) in [7, 11) is 0.0694. The average Bonchev–Trinajstić information content (AvgIpc) is 2.19. The molecule has 0 aliphatic rings. The molecule has 0 aromatic heterocycles. The van der Waals surface area contributed by atoms with Crippen LogP contribution in [0.15, 0.2) is 48.5 Å². The topological polar surface area (TPSA) is 23.8 Å². The van der Waals surface area contributed by atoms with Crippen LogP contribution in [0.2, 0.25) is 0 Å². The van der Waals surface area contributed by atoms with Crippen molar-refractivity contribution in [2.75, 3.05) is 0 Å². The predicted octanol–water partition coefficient (Wildman–Crippen LogP) is -1.32. The summed E-state index contributed by atoms with van der Waals surface area (Å²) >= 11 is 0. The second kappa shape index (κ2) is 7.64. The molecule has 0 fully saturated rings. The van der Waals surface area contributed by atoms with E-state index >= 15 is 0 Å². The first-order chi connectivity index (χ1) is 6.38. The molecule has 14 heavy (non-hydrogen) atoms. The molecule has 0 aliphatic heterocycles. The Morgan fingerprint density at radius 1 is 0.857 bits per heavy atom. The van der Waals surface area contributed by atoms with Crippen molar-refractivity contribution in [1.29, 1.82) is 5.26 Å². The fraction of sp³-hybridized carbons (Fsp3) is 0. The molecule has 0 saturated heterocycles. The van der Waals surface area contributed by atoms with Gasteiger partial charge in [0, 0.05) is 0 Å². The number of nitriles is 1. The third kappa shape index (κ3) is 3.98. The zero-order valence-corrected chi connectivity index (χ0v) is 9.57. The van der Waals surface area contributed by atoms with Gasteiger partial charge in [-0.2, -0.15) is 5.97 Å². The van der Waals surface area contributed by atoms with E-state index in [1.807, 2.05) is 5.97 Å². The van der Waals surface area contributed by atoms with Gasteiger partial charge in [0.1, 0.15) is 0 Å². The molecule has 0 N–H and O–H groups in total. The van der Waals surface area contributed by atoms with Crippen LogP contribution in [0.25, 0.3) is 10.8 Å². The van der Waals surface area contributed by atoms with Gasteiger partial charge in [0.2, 0.25) is 0 Å². The van der Waals surface area contributed by atoms with Crippen molar-refractivity contribution < 1.29 is 29.6 Å². The maximum absolute atomic E-state index is 7.43. The van der Waals surface area contributed by atoms with Crippen LogP contribution in [0.1, 0.15) is 0 Å². The number of fused-ring (bicyclic) bond motifs is 1. The SMILES string of the molecule is [BH3-]C#N.[Na+].c1ccc2ccccc2c1. The van der Waals surface area contributed by atoms with Gasteiger partial charge >= 0.3 is 29.6 Å². The summed E-state index contributed by atoms with van der Waals surface area (Å²) in [4.78, 5) is 0. The number of rotatable bonds is 0. The van der Waals surface area contributed by atoms with Gasteiger partial charge in [0.25, 0.3) is 0 Å². The van der Waals surface area contributed by atoms with Crippen LogP contribution < -0.4 is 29.6 Å². The van der Waals surface area contributed by atoms with Crippen molar-refractivity contribution in [2.24, 2.45) is 0 Å². The standard InChI is InChI=1S/C10H8.CH3BN.Na/c1-2-6-10-8-4-3-7-9(10)5-1;2-1-3;/h1-8H;2H3;/q;-1;+1. The van der Waals surface area contributed by atoms with Crippen LogP contribution in [-0.4, -0.2) is 7.85 Å². The molecule has 0 atom stereocenters. The fourth-order valence-corrected chi connectivity index (χ4v) is 1.13. The van der Waals surface area contributed by atoms with Crippen molar-refractivity contribution in [3.8, 4) is 5.97 Å². The zero-order chi connectivity index (χ0) is 9.52. The predicted molar refractivity (Wildman–Crippen MR) is 59.5 cm³/mol. The monoisotopic (exact) mass is 191 g/mol. The smallest absolute Gasteiger partial charge is 0.251 e. The summed E-state index contributed by atoms with van der Waals surface area (Å²) in [6.07, 6.45) is 0. The van der Waals surface area contributed by atoms with Crippen molar-refractivity contribution in [3.63, 3.8) is 0 Å². The molecule has 64 valence electrons. The Kier molecular flexibility index (Phi) is 7.23. The van der Waals surface area contributed by atoms with Crippen molar-refractivity contribution >= 4 is 18.6 Å². The molecule has 1 nitrogen and oxygen atoms in total. The quantitative estimate of drug-likeness (QED) is 0.473. The summed E-state index contributed by atoms with van der Waals surface area (Å²) in [5.74, 6) is 2.00. The van der Waals surface area contributed by atoms with Crippen molar-refractivity contribution in [3.05, 3.63) is 48.5 Å². The average molecular weight is 191 g/mol. The first-order valence-electron chi connectivity index (χ1n) is 3.63. The van der Waals surface area contributed by atoms with Crippen molar-refractivity contribution in [2.45, 2.75) is 0 Å². The number of benzene rings is 2. The van der Waals surface area contributed by atoms with E-state index in [4.69, 9.17) is 5.26 Å². The Labute approximate surface area is 107 Å². The molecule has 0 heterocycles. The Hall–Kier alpha value is -0.745. The molecule has 0 saturated carbocycles. The molecule has 0 unspecified atom stereocenters. The molecule has 0 radical (unpaired) electrons. The van der Waals surface area contributed by atoms with Gasteiger partial charge < -0.3 is 0 Å². The number of hydrogen-bond donors (Lipinski definition) is 0. The third-order valence-electron chi connectivity index (χ3n) is 1.66. The molecule has 2 aromatic rings. The van der Waals surface area contributed by atoms with Gasteiger partial charge in [0.05, 0.1) is 7.85 Å². The second-order valence-electron chi connectivity index (χ2n) is 2.35. The van der Waals surface area contributed by atoms with Crippen LogP contribution in [0.4, 0.5) is 0 Å². The minimum atomic E-state index is 0. The van der Waals surface area contributed by atoms with E-state index in [0.717, 1.165) is 0 Å². The molecular formula is C11H11BNNa. The maximum atomic E-state index is 7.43. The van der Waals surface area contributed by atoms with Gasteiger partial charge in [-0.3, -0.25) is 5.26 Å². The van der Waals surface area contributed by atoms with E-state index in [-0.39, 0.29) is 37.4 Å². The fourth-order valence-electron chi connectivity index (χ4n) is 1.13. The number of nitrogens with zero attached hydrogens (tertiary/aromatic N) is 1. The number of hydrogen-bond acceptors (Lipinski definition) is 1. The Morgan fingerprint density at radius 3 is 1.29 bits per heavy atom. The van der Waals surface area contributed by atoms with Gasteiger partial charge in [-0.1, -0.05) is 48.5 Å². The molecule has 0 aliphatic carbocycles.